The Kier molecular flexibility index (Phi) is 5.96. The fraction of sp³-hybridized carbons (Fsp3) is 0.611. The summed E-state index contributed by atoms with van der Waals surface area (Å²) in [6, 6.07) is 8.26. The first-order chi connectivity index (χ1) is 9.83. The summed E-state index contributed by atoms with van der Waals surface area (Å²) in [5.41, 5.74) is 2.12. The largest absolute Gasteiger partial charge is 0.543 e. The lowest BCUT2D eigenvalue weighted by molar-refractivity contribution is 0.491. The zero-order valence-electron chi connectivity index (χ0n) is 15.6. The maximum atomic E-state index is 6.50. The van der Waals surface area contributed by atoms with Crippen LogP contribution >= 0.6 is 11.9 Å². The van der Waals surface area contributed by atoms with Crippen LogP contribution in [0.3, 0.4) is 0 Å². The van der Waals surface area contributed by atoms with Gasteiger partial charge in [-0.1, -0.05) is 32.9 Å². The van der Waals surface area contributed by atoms with Gasteiger partial charge in [0.2, 0.25) is 0 Å². The monoisotopic (exact) mass is 337 g/mol. The molecule has 124 valence electrons. The van der Waals surface area contributed by atoms with E-state index in [4.69, 9.17) is 4.43 Å². The molecule has 0 heterocycles. The summed E-state index contributed by atoms with van der Waals surface area (Å²) < 4.78 is 11.3. The Hall–Kier alpha value is -0.743. The zero-order valence-corrected chi connectivity index (χ0v) is 17.4. The van der Waals surface area contributed by atoms with Crippen LogP contribution in [0.15, 0.2) is 28.7 Å². The van der Waals surface area contributed by atoms with Crippen molar-refractivity contribution in [2.75, 3.05) is 0 Å². The fourth-order valence-electron chi connectivity index (χ4n) is 1.54. The second kappa shape index (κ2) is 6.79. The average molecular weight is 338 g/mol. The van der Waals surface area contributed by atoms with Crippen molar-refractivity contribution in [3.63, 3.8) is 0 Å². The zero-order chi connectivity index (χ0) is 17.2. The van der Waals surface area contributed by atoms with E-state index in [9.17, 15) is 0 Å². The quantitative estimate of drug-likeness (QED) is 0.364. The summed E-state index contributed by atoms with van der Waals surface area (Å²) >= 11 is 1.61. The van der Waals surface area contributed by atoms with Crippen LogP contribution in [0.2, 0.25) is 18.1 Å². The van der Waals surface area contributed by atoms with Crippen molar-refractivity contribution in [1.82, 2.24) is 0 Å². The van der Waals surface area contributed by atoms with Gasteiger partial charge >= 0.3 is 0 Å². The summed E-state index contributed by atoms with van der Waals surface area (Å²) in [7, 11) is -1.84. The van der Waals surface area contributed by atoms with Crippen LogP contribution in [0.25, 0.3) is 0 Å². The van der Waals surface area contributed by atoms with Crippen molar-refractivity contribution in [2.24, 2.45) is 4.40 Å². The number of hydrogen-bond donors (Lipinski definition) is 0. The summed E-state index contributed by atoms with van der Waals surface area (Å²) in [5, 5.41) is 0.186. The lowest BCUT2D eigenvalue weighted by Gasteiger charge is -2.37. The van der Waals surface area contributed by atoms with Crippen LogP contribution in [0.1, 0.15) is 54.0 Å². The maximum Gasteiger partial charge on any atom is 0.250 e. The van der Waals surface area contributed by atoms with E-state index in [1.54, 1.807) is 11.9 Å². The van der Waals surface area contributed by atoms with Crippen molar-refractivity contribution in [3.05, 3.63) is 29.8 Å². The van der Waals surface area contributed by atoms with E-state index in [1.807, 2.05) is 6.07 Å². The second-order valence-electron chi connectivity index (χ2n) is 8.24. The molecule has 0 atom stereocenters. The maximum absolute atomic E-state index is 6.50. The third kappa shape index (κ3) is 5.47. The average Bonchev–Trinajstić information content (AvgIpc) is 2.34. The normalized spacial score (nSPS) is 14.1. The van der Waals surface area contributed by atoms with Crippen molar-refractivity contribution in [3.8, 4) is 5.75 Å². The second-order valence-corrected chi connectivity index (χ2v) is 14.6. The Bertz CT molecular complexity index is 539. The third-order valence-corrected chi connectivity index (χ3v) is 9.16. The Balaban J connectivity index is 3.10. The Morgan fingerprint density at radius 2 is 1.59 bits per heavy atom. The molecule has 2 nitrogen and oxygen atoms in total. The van der Waals surface area contributed by atoms with Gasteiger partial charge in [-0.05, 0) is 69.9 Å². The highest BCUT2D eigenvalue weighted by atomic mass is 32.2. The molecule has 0 saturated heterocycles. The number of benzene rings is 1. The predicted molar refractivity (Wildman–Crippen MR) is 104 cm³/mol. The minimum atomic E-state index is -1.84. The molecule has 0 amide bonds. The summed E-state index contributed by atoms with van der Waals surface area (Å²) in [4.78, 5) is 0. The molecular weight excluding hydrogens is 306 g/mol. The van der Waals surface area contributed by atoms with Crippen molar-refractivity contribution >= 4 is 26.0 Å². The van der Waals surface area contributed by atoms with E-state index in [0.29, 0.717) is 0 Å². The van der Waals surface area contributed by atoms with Gasteiger partial charge in [-0.2, -0.15) is 0 Å². The van der Waals surface area contributed by atoms with Crippen LogP contribution in [0.5, 0.6) is 5.75 Å². The molecule has 0 aliphatic carbocycles. The minimum absolute atomic E-state index is 0.122. The molecule has 0 fully saturated rings. The van der Waals surface area contributed by atoms with Crippen LogP contribution in [0.4, 0.5) is 0 Å². The fourth-order valence-corrected chi connectivity index (χ4v) is 3.08. The Morgan fingerprint density at radius 1 is 1.05 bits per heavy atom. The molecule has 0 radical (unpaired) electrons. The summed E-state index contributed by atoms with van der Waals surface area (Å²) in [5.74, 6) is 0.963. The number of hydrogen-bond acceptors (Lipinski definition) is 3. The molecule has 1 rings (SSSR count). The molecule has 0 spiro atoms. The standard InChI is InChI=1S/C18H31NOSSi/c1-14(19-21-17(2,3)4)15-12-10-11-13-16(15)20-22(8,9)18(5,6)7/h10-13H,1-9H3/b19-14+. The molecular formula is C18H31NOSSi. The molecule has 0 saturated carbocycles. The number of para-hydroxylation sites is 1. The molecule has 0 bridgehead atoms. The Labute approximate surface area is 142 Å². The molecule has 1 aromatic carbocycles. The van der Waals surface area contributed by atoms with E-state index < -0.39 is 8.32 Å². The number of rotatable bonds is 4. The first-order valence-electron chi connectivity index (χ1n) is 7.85. The van der Waals surface area contributed by atoms with Gasteiger partial charge in [-0.3, -0.25) is 0 Å². The van der Waals surface area contributed by atoms with Crippen LogP contribution in [0, 0.1) is 0 Å². The highest BCUT2D eigenvalue weighted by Gasteiger charge is 2.39. The van der Waals surface area contributed by atoms with E-state index >= 15 is 0 Å². The summed E-state index contributed by atoms with van der Waals surface area (Å²) in [6.45, 7) is 19.9. The van der Waals surface area contributed by atoms with Crippen LogP contribution in [-0.2, 0) is 0 Å². The van der Waals surface area contributed by atoms with E-state index in [-0.39, 0.29) is 9.79 Å². The predicted octanol–water partition coefficient (Wildman–Crippen LogP) is 6.33. The van der Waals surface area contributed by atoms with Gasteiger partial charge < -0.3 is 4.43 Å². The van der Waals surface area contributed by atoms with Gasteiger partial charge in [0.05, 0.1) is 5.71 Å². The molecule has 0 unspecified atom stereocenters. The van der Waals surface area contributed by atoms with Crippen LogP contribution < -0.4 is 4.43 Å². The molecule has 4 heteroatoms. The molecule has 0 aliphatic rings. The van der Waals surface area contributed by atoms with E-state index in [2.05, 4.69) is 84.2 Å². The minimum Gasteiger partial charge on any atom is -0.543 e. The third-order valence-electron chi connectivity index (χ3n) is 3.90. The highest BCUT2D eigenvalue weighted by molar-refractivity contribution is 7.99. The lowest BCUT2D eigenvalue weighted by Crippen LogP contribution is -2.44. The SMILES string of the molecule is C/C(=N\SC(C)(C)C)c1ccccc1O[Si](C)(C)C(C)(C)C. The van der Waals surface area contributed by atoms with Crippen LogP contribution in [-0.4, -0.2) is 18.8 Å². The lowest BCUT2D eigenvalue weighted by atomic mass is 10.1. The molecule has 22 heavy (non-hydrogen) atoms. The molecule has 1 aromatic rings. The smallest absolute Gasteiger partial charge is 0.250 e. The van der Waals surface area contributed by atoms with Gasteiger partial charge in [0.15, 0.2) is 0 Å². The van der Waals surface area contributed by atoms with Crippen molar-refractivity contribution < 1.29 is 4.43 Å². The van der Waals surface area contributed by atoms with Gasteiger partial charge in [0.25, 0.3) is 8.32 Å². The molecule has 0 aromatic heterocycles. The first kappa shape index (κ1) is 19.3. The topological polar surface area (TPSA) is 21.6 Å². The number of nitrogens with zero attached hydrogens (tertiary/aromatic N) is 1. The highest BCUT2D eigenvalue weighted by Crippen LogP contribution is 2.38. The van der Waals surface area contributed by atoms with Gasteiger partial charge in [0, 0.05) is 10.3 Å². The van der Waals surface area contributed by atoms with Crippen molar-refractivity contribution in [1.29, 1.82) is 0 Å². The van der Waals surface area contributed by atoms with Gasteiger partial charge in [0.1, 0.15) is 5.75 Å². The van der Waals surface area contributed by atoms with E-state index in [0.717, 1.165) is 17.0 Å². The first-order valence-corrected chi connectivity index (χ1v) is 11.5. The van der Waals surface area contributed by atoms with Gasteiger partial charge in [-0.15, -0.1) is 0 Å². The molecule has 0 aliphatic heterocycles. The molecule has 0 N–H and O–H groups in total. The summed E-state index contributed by atoms with van der Waals surface area (Å²) in [6.07, 6.45) is 0. The van der Waals surface area contributed by atoms with Gasteiger partial charge in [-0.25, -0.2) is 4.40 Å². The Morgan fingerprint density at radius 3 is 2.09 bits per heavy atom. The van der Waals surface area contributed by atoms with Crippen molar-refractivity contribution in [2.45, 2.75) is 71.3 Å². The van der Waals surface area contributed by atoms with E-state index in [1.165, 1.54) is 0 Å².